The van der Waals surface area contributed by atoms with Crippen molar-refractivity contribution in [2.24, 2.45) is 0 Å². The molecule has 1 rings (SSSR count). The zero-order chi connectivity index (χ0) is 8.43. The summed E-state index contributed by atoms with van der Waals surface area (Å²) in [5.74, 6) is 0. The first-order chi connectivity index (χ1) is 5.09. The first kappa shape index (κ1) is 8.55. The molecule has 0 N–H and O–H groups in total. The van der Waals surface area contributed by atoms with Crippen molar-refractivity contribution in [3.05, 3.63) is 23.8 Å². The van der Waals surface area contributed by atoms with Crippen molar-refractivity contribution < 1.29 is 0 Å². The Kier molecular flexibility index (Phi) is 2.51. The number of aryl methyl sites for hydroxylation is 1. The Morgan fingerprint density at radius 1 is 1.18 bits per heavy atom. The van der Waals surface area contributed by atoms with E-state index in [4.69, 9.17) is 0 Å². The molecule has 0 aliphatic rings. The smallest absolute Gasteiger partial charge is 0.0369 e. The second-order valence-corrected chi connectivity index (χ2v) is 3.66. The number of hydrogen-bond acceptors (Lipinski definition) is 1. The van der Waals surface area contributed by atoms with E-state index >= 15 is 0 Å². The summed E-state index contributed by atoms with van der Waals surface area (Å²) in [6, 6.07) is 6.48. The van der Waals surface area contributed by atoms with Crippen LogP contribution in [0.5, 0.6) is 0 Å². The fraction of sp³-hybridized carbons (Fsp3) is 0.333. The Labute approximate surface area is 70.6 Å². The fourth-order valence-corrected chi connectivity index (χ4v) is 1.48. The van der Waals surface area contributed by atoms with Gasteiger partial charge in [-0.05, 0) is 29.9 Å². The first-order valence-corrected chi connectivity index (χ1v) is 4.22. The lowest BCUT2D eigenvalue weighted by Gasteiger charge is -2.13. The van der Waals surface area contributed by atoms with Crippen LogP contribution in [-0.2, 0) is 0 Å². The first-order valence-electron chi connectivity index (χ1n) is 3.64. The van der Waals surface area contributed by atoms with Crippen LogP contribution in [0.2, 0.25) is 0 Å². The standard InChI is InChI=1S/C9H14NP/c1-7-4-8(10(2)3)6-9(11)5-7/h4-6H,11H2,1-3H3. The lowest BCUT2D eigenvalue weighted by Crippen LogP contribution is -2.10. The van der Waals surface area contributed by atoms with Crippen LogP contribution in [0, 0.1) is 6.92 Å². The predicted octanol–water partition coefficient (Wildman–Crippen LogP) is 1.56. The van der Waals surface area contributed by atoms with Crippen LogP contribution in [0.3, 0.4) is 0 Å². The fourth-order valence-electron chi connectivity index (χ4n) is 1.05. The van der Waals surface area contributed by atoms with Crippen molar-refractivity contribution in [1.82, 2.24) is 0 Å². The molecule has 0 saturated carbocycles. The van der Waals surface area contributed by atoms with Crippen LogP contribution in [0.4, 0.5) is 5.69 Å². The molecule has 2 heteroatoms. The molecule has 0 fully saturated rings. The molecule has 0 bridgehead atoms. The minimum Gasteiger partial charge on any atom is -0.378 e. The van der Waals surface area contributed by atoms with E-state index in [2.05, 4.69) is 53.4 Å². The summed E-state index contributed by atoms with van der Waals surface area (Å²) in [7, 11) is 6.82. The van der Waals surface area contributed by atoms with Gasteiger partial charge in [-0.25, -0.2) is 0 Å². The van der Waals surface area contributed by atoms with Crippen LogP contribution < -0.4 is 10.2 Å². The maximum absolute atomic E-state index is 2.72. The number of hydrogen-bond donors (Lipinski definition) is 0. The third-order valence-electron chi connectivity index (χ3n) is 1.60. The van der Waals surface area contributed by atoms with Crippen LogP contribution >= 0.6 is 9.24 Å². The summed E-state index contributed by atoms with van der Waals surface area (Å²) in [6.45, 7) is 2.11. The molecule has 1 nitrogen and oxygen atoms in total. The SMILES string of the molecule is Cc1cc(P)cc(N(C)C)c1. The van der Waals surface area contributed by atoms with Crippen molar-refractivity contribution in [2.75, 3.05) is 19.0 Å². The molecule has 1 aromatic carbocycles. The molecule has 1 unspecified atom stereocenters. The van der Waals surface area contributed by atoms with E-state index in [1.807, 2.05) is 0 Å². The largest absolute Gasteiger partial charge is 0.378 e. The minimum absolute atomic E-state index is 1.24. The highest BCUT2D eigenvalue weighted by Gasteiger charge is 1.95. The molecule has 0 spiro atoms. The monoisotopic (exact) mass is 167 g/mol. The number of benzene rings is 1. The van der Waals surface area contributed by atoms with E-state index in [-0.39, 0.29) is 0 Å². The zero-order valence-corrected chi connectivity index (χ0v) is 8.41. The van der Waals surface area contributed by atoms with Gasteiger partial charge in [0.25, 0.3) is 0 Å². The Hall–Kier alpha value is -0.550. The second kappa shape index (κ2) is 3.23. The van der Waals surface area contributed by atoms with Gasteiger partial charge in [0.2, 0.25) is 0 Å². The lowest BCUT2D eigenvalue weighted by atomic mass is 10.2. The van der Waals surface area contributed by atoms with Crippen molar-refractivity contribution >= 4 is 20.2 Å². The molecule has 0 amide bonds. The van der Waals surface area contributed by atoms with E-state index in [1.54, 1.807) is 0 Å². The Morgan fingerprint density at radius 3 is 2.27 bits per heavy atom. The molecule has 1 atom stereocenters. The van der Waals surface area contributed by atoms with E-state index in [0.717, 1.165) is 0 Å². The maximum atomic E-state index is 2.72. The van der Waals surface area contributed by atoms with Gasteiger partial charge in [0.15, 0.2) is 0 Å². The van der Waals surface area contributed by atoms with E-state index < -0.39 is 0 Å². The van der Waals surface area contributed by atoms with Gasteiger partial charge in [-0.2, -0.15) is 0 Å². The van der Waals surface area contributed by atoms with Crippen LogP contribution in [0.25, 0.3) is 0 Å². The van der Waals surface area contributed by atoms with E-state index in [0.29, 0.717) is 0 Å². The Balaban J connectivity index is 3.08. The maximum Gasteiger partial charge on any atom is 0.0369 e. The highest BCUT2D eigenvalue weighted by molar-refractivity contribution is 7.27. The normalized spacial score (nSPS) is 9.82. The summed E-state index contributed by atoms with van der Waals surface area (Å²) in [5.41, 5.74) is 2.57. The molecule has 1 aromatic rings. The molecule has 11 heavy (non-hydrogen) atoms. The van der Waals surface area contributed by atoms with Gasteiger partial charge < -0.3 is 4.90 Å². The highest BCUT2D eigenvalue weighted by atomic mass is 31.0. The van der Waals surface area contributed by atoms with Gasteiger partial charge in [-0.3, -0.25) is 0 Å². The Morgan fingerprint density at radius 2 is 1.82 bits per heavy atom. The quantitative estimate of drug-likeness (QED) is 0.574. The predicted molar refractivity (Wildman–Crippen MR) is 54.9 cm³/mol. The van der Waals surface area contributed by atoms with Gasteiger partial charge in [0.05, 0.1) is 0 Å². The van der Waals surface area contributed by atoms with Crippen molar-refractivity contribution in [1.29, 1.82) is 0 Å². The average Bonchev–Trinajstić information content (AvgIpc) is 1.85. The average molecular weight is 167 g/mol. The summed E-state index contributed by atoms with van der Waals surface area (Å²) in [5, 5.41) is 1.24. The van der Waals surface area contributed by atoms with E-state index in [1.165, 1.54) is 16.6 Å². The molecule has 0 saturated heterocycles. The molecule has 0 aliphatic carbocycles. The van der Waals surface area contributed by atoms with Crippen LogP contribution in [0.15, 0.2) is 18.2 Å². The molecular weight excluding hydrogens is 153 g/mol. The highest BCUT2D eigenvalue weighted by Crippen LogP contribution is 2.12. The van der Waals surface area contributed by atoms with Crippen molar-refractivity contribution in [2.45, 2.75) is 6.92 Å². The van der Waals surface area contributed by atoms with Gasteiger partial charge >= 0.3 is 0 Å². The van der Waals surface area contributed by atoms with Gasteiger partial charge in [-0.15, -0.1) is 9.24 Å². The zero-order valence-electron chi connectivity index (χ0n) is 7.26. The summed E-state index contributed by atoms with van der Waals surface area (Å²) < 4.78 is 0. The molecule has 0 aliphatic heterocycles. The van der Waals surface area contributed by atoms with Crippen molar-refractivity contribution in [3.8, 4) is 0 Å². The van der Waals surface area contributed by atoms with Gasteiger partial charge in [0.1, 0.15) is 0 Å². The summed E-state index contributed by atoms with van der Waals surface area (Å²) >= 11 is 0. The molecule has 60 valence electrons. The number of rotatable bonds is 1. The van der Waals surface area contributed by atoms with Crippen LogP contribution in [0.1, 0.15) is 5.56 Å². The third kappa shape index (κ3) is 2.20. The molecule has 0 aromatic heterocycles. The molecular formula is C9H14NP. The molecule has 0 radical (unpaired) electrons. The lowest BCUT2D eigenvalue weighted by molar-refractivity contribution is 1.13. The number of anilines is 1. The topological polar surface area (TPSA) is 3.24 Å². The number of nitrogens with zero attached hydrogens (tertiary/aromatic N) is 1. The molecule has 0 heterocycles. The summed E-state index contributed by atoms with van der Waals surface area (Å²) in [4.78, 5) is 2.11. The van der Waals surface area contributed by atoms with Crippen molar-refractivity contribution in [3.63, 3.8) is 0 Å². The van der Waals surface area contributed by atoms with Gasteiger partial charge in [-0.1, -0.05) is 6.07 Å². The third-order valence-corrected chi connectivity index (χ3v) is 1.93. The van der Waals surface area contributed by atoms with E-state index in [9.17, 15) is 0 Å². The van der Waals surface area contributed by atoms with Crippen LogP contribution in [-0.4, -0.2) is 14.1 Å². The minimum atomic E-state index is 1.24. The van der Waals surface area contributed by atoms with Gasteiger partial charge in [0, 0.05) is 19.8 Å². The second-order valence-electron chi connectivity index (χ2n) is 3.00. The summed E-state index contributed by atoms with van der Waals surface area (Å²) in [6.07, 6.45) is 0. The Bertz CT molecular complexity index is 235.